The quantitative estimate of drug-likeness (QED) is 0.727. The number of halogens is 1. The number of hydrogen-bond donors (Lipinski definition) is 2. The van der Waals surface area contributed by atoms with E-state index in [1.165, 1.54) is 18.2 Å². The minimum Gasteiger partial charge on any atom is -0.501 e. The zero-order valence-corrected chi connectivity index (χ0v) is 7.61. The van der Waals surface area contributed by atoms with Crippen molar-refractivity contribution in [2.75, 3.05) is 0 Å². The number of ether oxygens (including phenoxy) is 1. The predicted octanol–water partition coefficient (Wildman–Crippen LogP) is 1.15. The van der Waals surface area contributed by atoms with Gasteiger partial charge in [0.2, 0.25) is 17.4 Å². The molecule has 1 atom stereocenters. The average molecular weight is 209 g/mol. The summed E-state index contributed by atoms with van der Waals surface area (Å²) < 4.78 is 17.8. The van der Waals surface area contributed by atoms with E-state index in [4.69, 9.17) is 15.6 Å². The van der Waals surface area contributed by atoms with Crippen LogP contribution in [0.2, 0.25) is 0 Å². The molecule has 0 aromatic heterocycles. The molecule has 0 fully saturated rings. The molecule has 1 aliphatic rings. The molecule has 4 nitrogen and oxygen atoms in total. The molecule has 15 heavy (non-hydrogen) atoms. The summed E-state index contributed by atoms with van der Waals surface area (Å²) in [7, 11) is 0. The summed E-state index contributed by atoms with van der Waals surface area (Å²) in [6.07, 6.45) is -1.04. The second-order valence-electron chi connectivity index (χ2n) is 3.13. The molecule has 0 bridgehead atoms. The van der Waals surface area contributed by atoms with Gasteiger partial charge in [-0.2, -0.15) is 0 Å². The summed E-state index contributed by atoms with van der Waals surface area (Å²) in [5, 5.41) is 9.15. The zero-order valence-electron chi connectivity index (χ0n) is 7.61. The van der Waals surface area contributed by atoms with Gasteiger partial charge in [0.1, 0.15) is 5.82 Å². The van der Waals surface area contributed by atoms with Crippen LogP contribution in [0.15, 0.2) is 35.9 Å². The first-order valence-corrected chi connectivity index (χ1v) is 4.24. The summed E-state index contributed by atoms with van der Waals surface area (Å²) in [6, 6.07) is 5.39. The fourth-order valence-electron chi connectivity index (χ4n) is 1.37. The predicted molar refractivity (Wildman–Crippen MR) is 49.1 cm³/mol. The van der Waals surface area contributed by atoms with Crippen LogP contribution in [0.3, 0.4) is 0 Å². The number of benzene rings is 1. The van der Waals surface area contributed by atoms with Crippen molar-refractivity contribution < 1.29 is 19.0 Å². The van der Waals surface area contributed by atoms with Gasteiger partial charge in [0.25, 0.3) is 0 Å². The van der Waals surface area contributed by atoms with Gasteiger partial charge in [0, 0.05) is 5.56 Å². The van der Waals surface area contributed by atoms with E-state index in [0.717, 1.165) is 6.07 Å². The Morgan fingerprint density at radius 3 is 2.73 bits per heavy atom. The van der Waals surface area contributed by atoms with Crippen molar-refractivity contribution in [1.29, 1.82) is 0 Å². The van der Waals surface area contributed by atoms with E-state index in [0.29, 0.717) is 5.56 Å². The average Bonchev–Trinajstić information content (AvgIpc) is 2.46. The number of nitrogens with two attached hydrogens (primary N) is 1. The van der Waals surface area contributed by atoms with Gasteiger partial charge < -0.3 is 15.6 Å². The van der Waals surface area contributed by atoms with Crippen LogP contribution in [-0.2, 0) is 9.53 Å². The van der Waals surface area contributed by atoms with E-state index >= 15 is 0 Å². The van der Waals surface area contributed by atoms with Crippen molar-refractivity contribution in [1.82, 2.24) is 0 Å². The molecular weight excluding hydrogens is 201 g/mol. The summed E-state index contributed by atoms with van der Waals surface area (Å²) in [4.78, 5) is 11.4. The van der Waals surface area contributed by atoms with Gasteiger partial charge in [0.15, 0.2) is 6.10 Å². The van der Waals surface area contributed by atoms with E-state index in [9.17, 15) is 9.18 Å². The molecule has 0 aliphatic carbocycles. The van der Waals surface area contributed by atoms with E-state index < -0.39 is 23.5 Å². The van der Waals surface area contributed by atoms with Gasteiger partial charge >= 0.3 is 0 Å². The minimum absolute atomic E-state index is 0.325. The van der Waals surface area contributed by atoms with E-state index in [2.05, 4.69) is 0 Å². The summed E-state index contributed by atoms with van der Waals surface area (Å²) in [5.41, 5.74) is 5.55. The monoisotopic (exact) mass is 209 g/mol. The maximum absolute atomic E-state index is 12.9. The van der Waals surface area contributed by atoms with Crippen LogP contribution in [0.4, 0.5) is 4.39 Å². The molecule has 2 rings (SSSR count). The van der Waals surface area contributed by atoms with Gasteiger partial charge in [-0.1, -0.05) is 12.1 Å². The van der Waals surface area contributed by atoms with Crippen LogP contribution < -0.4 is 5.73 Å². The molecule has 0 saturated heterocycles. The molecule has 78 valence electrons. The van der Waals surface area contributed by atoms with Crippen LogP contribution in [0.1, 0.15) is 11.7 Å². The Kier molecular flexibility index (Phi) is 2.07. The Morgan fingerprint density at radius 2 is 2.20 bits per heavy atom. The molecule has 1 aliphatic heterocycles. The topological polar surface area (TPSA) is 72.5 Å². The smallest absolute Gasteiger partial charge is 0.247 e. The molecule has 1 aromatic carbocycles. The van der Waals surface area contributed by atoms with E-state index in [-0.39, 0.29) is 5.88 Å². The van der Waals surface area contributed by atoms with Crippen LogP contribution in [0, 0.1) is 5.82 Å². The van der Waals surface area contributed by atoms with Gasteiger partial charge in [0.05, 0.1) is 0 Å². The third-order valence-electron chi connectivity index (χ3n) is 2.10. The highest BCUT2D eigenvalue weighted by molar-refractivity contribution is 5.99. The van der Waals surface area contributed by atoms with Crippen molar-refractivity contribution >= 4 is 5.78 Å². The first-order valence-electron chi connectivity index (χ1n) is 4.24. The third kappa shape index (κ3) is 1.52. The molecular formula is C10H8FNO3. The SMILES string of the molecule is NC1=C(O)C(=O)[C@@H](c2cccc(F)c2)O1. The Hall–Kier alpha value is -2.04. The van der Waals surface area contributed by atoms with Gasteiger partial charge in [-0.05, 0) is 12.1 Å². The Balaban J connectivity index is 2.33. The number of rotatable bonds is 1. The first kappa shape index (κ1) is 9.51. The molecule has 5 heteroatoms. The Bertz CT molecular complexity index is 456. The maximum Gasteiger partial charge on any atom is 0.247 e. The minimum atomic E-state index is -1.04. The highest BCUT2D eigenvalue weighted by atomic mass is 19.1. The molecule has 1 aromatic rings. The molecule has 3 N–H and O–H groups in total. The lowest BCUT2D eigenvalue weighted by molar-refractivity contribution is -0.123. The van der Waals surface area contributed by atoms with Crippen LogP contribution in [0.5, 0.6) is 0 Å². The number of hydrogen-bond acceptors (Lipinski definition) is 4. The van der Waals surface area contributed by atoms with E-state index in [1.807, 2.05) is 0 Å². The third-order valence-corrected chi connectivity index (χ3v) is 2.10. The van der Waals surface area contributed by atoms with Crippen molar-refractivity contribution in [3.8, 4) is 0 Å². The fraction of sp³-hybridized carbons (Fsp3) is 0.100. The zero-order chi connectivity index (χ0) is 11.0. The Labute approximate surface area is 84.8 Å². The lowest BCUT2D eigenvalue weighted by atomic mass is 10.1. The van der Waals surface area contributed by atoms with Crippen LogP contribution in [0.25, 0.3) is 0 Å². The maximum atomic E-state index is 12.9. The highest BCUT2D eigenvalue weighted by Gasteiger charge is 2.35. The fourth-order valence-corrected chi connectivity index (χ4v) is 1.37. The largest absolute Gasteiger partial charge is 0.501 e. The van der Waals surface area contributed by atoms with Crippen molar-refractivity contribution in [2.45, 2.75) is 6.10 Å². The number of carbonyl (C=O) groups is 1. The van der Waals surface area contributed by atoms with Crippen molar-refractivity contribution in [3.05, 3.63) is 47.3 Å². The lowest BCUT2D eigenvalue weighted by Crippen LogP contribution is -2.09. The first-order chi connectivity index (χ1) is 7.09. The van der Waals surface area contributed by atoms with Crippen molar-refractivity contribution in [2.24, 2.45) is 5.73 Å². The second-order valence-corrected chi connectivity index (χ2v) is 3.13. The van der Waals surface area contributed by atoms with Crippen LogP contribution >= 0.6 is 0 Å². The van der Waals surface area contributed by atoms with E-state index in [1.54, 1.807) is 0 Å². The van der Waals surface area contributed by atoms with Gasteiger partial charge in [-0.25, -0.2) is 4.39 Å². The second kappa shape index (κ2) is 3.27. The lowest BCUT2D eigenvalue weighted by Gasteiger charge is -2.09. The number of Topliss-reactive ketones (excluding diaryl/α,β-unsaturated/α-hetero) is 1. The summed E-state index contributed by atoms with van der Waals surface area (Å²) in [5.74, 6) is -2.06. The standard InChI is InChI=1S/C10H8FNO3/c11-6-3-1-2-5(4-6)9-7(13)8(14)10(12)15-9/h1-4,9,14H,12H2/t9-/m1/s1. The molecule has 0 spiro atoms. The van der Waals surface area contributed by atoms with Gasteiger partial charge in [-0.15, -0.1) is 0 Å². The Morgan fingerprint density at radius 1 is 1.47 bits per heavy atom. The molecule has 1 heterocycles. The molecule has 0 radical (unpaired) electrons. The number of carbonyl (C=O) groups excluding carboxylic acids is 1. The molecule has 0 unspecified atom stereocenters. The number of ketones is 1. The normalized spacial score (nSPS) is 20.6. The summed E-state index contributed by atoms with van der Waals surface area (Å²) in [6.45, 7) is 0. The number of aliphatic hydroxyl groups is 1. The van der Waals surface area contributed by atoms with Crippen LogP contribution in [-0.4, -0.2) is 10.9 Å². The van der Waals surface area contributed by atoms with Crippen molar-refractivity contribution in [3.63, 3.8) is 0 Å². The molecule has 0 amide bonds. The highest BCUT2D eigenvalue weighted by Crippen LogP contribution is 2.29. The summed E-state index contributed by atoms with van der Waals surface area (Å²) >= 11 is 0. The molecule has 0 saturated carbocycles. The number of aliphatic hydroxyl groups excluding tert-OH is 1. The van der Waals surface area contributed by atoms with Gasteiger partial charge in [-0.3, -0.25) is 4.79 Å².